The van der Waals surface area contributed by atoms with Crippen LogP contribution in [0.25, 0.3) is 0 Å². The number of fused-ring (bicyclic) bond motifs is 5. The topological polar surface area (TPSA) is 82.5 Å². The molecule has 5 atom stereocenters. The maximum absolute atomic E-state index is 13.4. The fourth-order valence-electron chi connectivity index (χ4n) is 7.81. The van der Waals surface area contributed by atoms with Crippen LogP contribution in [0.3, 0.4) is 0 Å². The molecule has 8 rings (SSSR count). The van der Waals surface area contributed by atoms with Gasteiger partial charge in [-0.05, 0) is 42.5 Å². The predicted octanol–water partition coefficient (Wildman–Crippen LogP) is 3.92. The molecular formula is C32H34N2O6. The van der Waals surface area contributed by atoms with Crippen LogP contribution in [0.2, 0.25) is 0 Å². The maximum Gasteiger partial charge on any atom is 0.226 e. The Labute approximate surface area is 233 Å². The lowest BCUT2D eigenvalue weighted by molar-refractivity contribution is -0.344. The Hall–Kier alpha value is -3.17. The molecule has 0 unspecified atom stereocenters. The van der Waals surface area contributed by atoms with E-state index < -0.39 is 23.0 Å². The molecule has 0 bridgehead atoms. The van der Waals surface area contributed by atoms with Crippen LogP contribution in [-0.4, -0.2) is 67.8 Å². The average Bonchev–Trinajstić information content (AvgIpc) is 3.74. The van der Waals surface area contributed by atoms with E-state index in [1.165, 1.54) is 18.4 Å². The lowest BCUT2D eigenvalue weighted by Crippen LogP contribution is -2.70. The number of benzene rings is 2. The zero-order chi connectivity index (χ0) is 27.3. The third kappa shape index (κ3) is 3.02. The van der Waals surface area contributed by atoms with Crippen molar-refractivity contribution in [3.63, 3.8) is 0 Å². The van der Waals surface area contributed by atoms with Crippen molar-refractivity contribution in [1.82, 2.24) is 9.88 Å². The fourth-order valence-corrected chi connectivity index (χ4v) is 7.81. The monoisotopic (exact) mass is 542 g/mol. The van der Waals surface area contributed by atoms with E-state index >= 15 is 0 Å². The minimum Gasteiger partial charge on any atom is -0.481 e. The number of hydrogen-bond acceptors (Lipinski definition) is 8. The molecule has 8 nitrogen and oxygen atoms in total. The van der Waals surface area contributed by atoms with E-state index in [0.29, 0.717) is 42.9 Å². The second-order valence-electron chi connectivity index (χ2n) is 12.0. The minimum absolute atomic E-state index is 0.0910. The number of ether oxygens (including phenoxy) is 5. The first-order valence-corrected chi connectivity index (χ1v) is 14.1. The third-order valence-electron chi connectivity index (χ3n) is 9.94. The number of nitrogens with zero attached hydrogens (tertiary/aromatic N) is 2. The van der Waals surface area contributed by atoms with Crippen molar-refractivity contribution < 1.29 is 28.8 Å². The Morgan fingerprint density at radius 2 is 1.73 bits per heavy atom. The van der Waals surface area contributed by atoms with E-state index in [1.807, 2.05) is 18.2 Å². The molecule has 0 amide bonds. The Morgan fingerprint density at radius 3 is 2.35 bits per heavy atom. The van der Waals surface area contributed by atoms with Crippen LogP contribution in [-0.2, 0) is 20.7 Å². The van der Waals surface area contributed by atoms with Crippen LogP contribution in [0.1, 0.15) is 46.9 Å². The molecule has 3 aliphatic heterocycles. The Morgan fingerprint density at radius 1 is 0.975 bits per heavy atom. The first-order valence-electron chi connectivity index (χ1n) is 14.1. The molecule has 1 spiro atoms. The summed E-state index contributed by atoms with van der Waals surface area (Å²) in [6.07, 6.45) is 1.84. The van der Waals surface area contributed by atoms with Gasteiger partial charge >= 0.3 is 0 Å². The molecule has 5 aliphatic rings. The first-order chi connectivity index (χ1) is 19.4. The van der Waals surface area contributed by atoms with Gasteiger partial charge in [-0.3, -0.25) is 4.90 Å². The second-order valence-corrected chi connectivity index (χ2v) is 12.0. The lowest BCUT2D eigenvalue weighted by atomic mass is 9.70. The highest BCUT2D eigenvalue weighted by atomic mass is 16.6. The van der Waals surface area contributed by atoms with Crippen LogP contribution in [0.4, 0.5) is 0 Å². The first kappa shape index (κ1) is 24.6. The molecule has 2 aromatic carbocycles. The number of rotatable bonds is 5. The van der Waals surface area contributed by atoms with Gasteiger partial charge in [0.1, 0.15) is 11.9 Å². The van der Waals surface area contributed by atoms with Crippen LogP contribution >= 0.6 is 0 Å². The Bertz CT molecular complexity index is 1460. The normalized spacial score (nSPS) is 33.5. The number of aromatic nitrogens is 1. The van der Waals surface area contributed by atoms with Crippen LogP contribution in [0.15, 0.2) is 60.7 Å². The minimum atomic E-state index is -1.61. The number of pyridine rings is 1. The van der Waals surface area contributed by atoms with Gasteiger partial charge in [0.05, 0.1) is 33.0 Å². The van der Waals surface area contributed by atoms with Gasteiger partial charge in [-0.1, -0.05) is 54.6 Å². The van der Waals surface area contributed by atoms with Gasteiger partial charge in [0.15, 0.2) is 16.9 Å². The quantitative estimate of drug-likeness (QED) is 0.520. The summed E-state index contributed by atoms with van der Waals surface area (Å²) < 4.78 is 31.1. The summed E-state index contributed by atoms with van der Waals surface area (Å²) in [6.45, 7) is 1.61. The molecule has 208 valence electrons. The number of hydrogen-bond donors (Lipinski definition) is 1. The molecule has 8 heteroatoms. The van der Waals surface area contributed by atoms with Gasteiger partial charge < -0.3 is 28.8 Å². The summed E-state index contributed by atoms with van der Waals surface area (Å²) in [4.78, 5) is 6.85. The molecule has 4 heterocycles. The van der Waals surface area contributed by atoms with Gasteiger partial charge in [-0.2, -0.15) is 4.98 Å². The van der Waals surface area contributed by atoms with Crippen molar-refractivity contribution in [1.29, 1.82) is 0 Å². The molecule has 4 fully saturated rings. The fraction of sp³-hybridized carbons (Fsp3) is 0.469. The lowest BCUT2D eigenvalue weighted by Gasteiger charge is -2.55. The Balaban J connectivity index is 1.41. The SMILES string of the molecule is COc1cc2c(c(OC)n1)[C@]1(O)[C@@H]3OC4(COC4)N(C)C[C@@H]3[C@@H](c3ccccc3)[C@]1(c1ccc(C3CC3)cc1)O2. The van der Waals surface area contributed by atoms with Gasteiger partial charge in [-0.25, -0.2) is 0 Å². The highest BCUT2D eigenvalue weighted by molar-refractivity contribution is 5.60. The summed E-state index contributed by atoms with van der Waals surface area (Å²) in [7, 11) is 5.21. The molecule has 2 saturated heterocycles. The Kier molecular flexibility index (Phi) is 5.18. The highest BCUT2D eigenvalue weighted by Crippen LogP contribution is 2.72. The molecule has 1 N–H and O–H groups in total. The standard InChI is InChI=1S/C32H34N2O6/c1-34-16-23-26(21-7-5-4-6-8-21)32(22-13-11-20(12-14-22)19-9-10-19)31(35,28(23)40-30(34)17-38-18-30)27-24(39-32)15-25(36-2)33-29(27)37-3/h4-8,11-15,19,23,26,28,35H,9-10,16-18H2,1-3H3/t23-,26-,28-,31+,32+/m1/s1. The van der Waals surface area contributed by atoms with E-state index in [4.69, 9.17) is 23.7 Å². The molecule has 1 aromatic heterocycles. The van der Waals surface area contributed by atoms with Crippen LogP contribution in [0, 0.1) is 5.92 Å². The molecule has 0 radical (unpaired) electrons. The summed E-state index contributed by atoms with van der Waals surface area (Å²) >= 11 is 0. The predicted molar refractivity (Wildman–Crippen MR) is 146 cm³/mol. The van der Waals surface area contributed by atoms with E-state index in [1.54, 1.807) is 20.3 Å². The van der Waals surface area contributed by atoms with E-state index in [0.717, 1.165) is 11.1 Å². The van der Waals surface area contributed by atoms with Crippen molar-refractivity contribution in [2.75, 3.05) is 41.0 Å². The molecular weight excluding hydrogens is 508 g/mol. The summed E-state index contributed by atoms with van der Waals surface area (Å²) in [6, 6.07) is 20.8. The molecule has 3 aromatic rings. The van der Waals surface area contributed by atoms with E-state index in [-0.39, 0.29) is 17.7 Å². The zero-order valence-corrected chi connectivity index (χ0v) is 23.0. The highest BCUT2D eigenvalue weighted by Gasteiger charge is 2.79. The van der Waals surface area contributed by atoms with Crippen molar-refractivity contribution >= 4 is 0 Å². The summed E-state index contributed by atoms with van der Waals surface area (Å²) in [5.41, 5.74) is 0.424. The van der Waals surface area contributed by atoms with Crippen molar-refractivity contribution in [2.45, 2.75) is 47.7 Å². The van der Waals surface area contributed by atoms with Gasteiger partial charge in [0.25, 0.3) is 0 Å². The van der Waals surface area contributed by atoms with Crippen LogP contribution < -0.4 is 14.2 Å². The summed E-state index contributed by atoms with van der Waals surface area (Å²) in [5.74, 6) is 1.43. The second kappa shape index (κ2) is 8.42. The number of aliphatic hydroxyl groups is 1. The smallest absolute Gasteiger partial charge is 0.226 e. The average molecular weight is 543 g/mol. The van der Waals surface area contributed by atoms with Crippen molar-refractivity contribution in [2.24, 2.45) is 5.92 Å². The van der Waals surface area contributed by atoms with E-state index in [2.05, 4.69) is 53.3 Å². The molecule has 2 aliphatic carbocycles. The third-order valence-corrected chi connectivity index (χ3v) is 9.94. The molecule has 2 saturated carbocycles. The van der Waals surface area contributed by atoms with Gasteiger partial charge in [0, 0.05) is 24.4 Å². The van der Waals surface area contributed by atoms with Crippen molar-refractivity contribution in [3.8, 4) is 17.5 Å². The number of methoxy groups -OCH3 is 2. The molecule has 40 heavy (non-hydrogen) atoms. The summed E-state index contributed by atoms with van der Waals surface area (Å²) in [5, 5.41) is 13.4. The van der Waals surface area contributed by atoms with E-state index in [9.17, 15) is 5.11 Å². The van der Waals surface area contributed by atoms with Gasteiger partial charge in [-0.15, -0.1) is 0 Å². The van der Waals surface area contributed by atoms with Crippen LogP contribution in [0.5, 0.6) is 17.5 Å². The zero-order valence-electron chi connectivity index (χ0n) is 23.0. The maximum atomic E-state index is 13.4. The number of likely N-dealkylation sites (N-methyl/N-ethyl adjacent to an activating group) is 1. The largest absolute Gasteiger partial charge is 0.481 e. The van der Waals surface area contributed by atoms with Gasteiger partial charge in [0.2, 0.25) is 11.8 Å². The van der Waals surface area contributed by atoms with Crippen molar-refractivity contribution in [3.05, 3.63) is 82.9 Å².